The molecule has 15 heavy (non-hydrogen) atoms. The molecule has 1 aromatic rings. The standard InChI is InChI=1S/C10H12N2O3/c11-9(13)8(12-10(14)15)6-7-4-2-1-3-5-7/h1-5,8,12H,6H2,(H2,11,13)(H,14,15)/t8-/m0/s1. The van der Waals surface area contributed by atoms with Crippen LogP contribution in [0, 0.1) is 0 Å². The van der Waals surface area contributed by atoms with Crippen molar-refractivity contribution >= 4 is 12.0 Å². The van der Waals surface area contributed by atoms with Crippen LogP contribution in [0.1, 0.15) is 5.56 Å². The van der Waals surface area contributed by atoms with Crippen LogP contribution in [0.3, 0.4) is 0 Å². The van der Waals surface area contributed by atoms with Gasteiger partial charge in [0.15, 0.2) is 0 Å². The summed E-state index contributed by atoms with van der Waals surface area (Å²) in [7, 11) is 0. The first-order valence-corrected chi connectivity index (χ1v) is 4.42. The number of carbonyl (C=O) groups excluding carboxylic acids is 1. The van der Waals surface area contributed by atoms with Gasteiger partial charge in [-0.2, -0.15) is 0 Å². The van der Waals surface area contributed by atoms with Gasteiger partial charge in [-0.1, -0.05) is 30.3 Å². The van der Waals surface area contributed by atoms with Crippen LogP contribution in [0.4, 0.5) is 4.79 Å². The van der Waals surface area contributed by atoms with E-state index in [-0.39, 0.29) is 6.42 Å². The van der Waals surface area contributed by atoms with Gasteiger partial charge in [0.2, 0.25) is 5.91 Å². The van der Waals surface area contributed by atoms with Crippen molar-refractivity contribution in [2.75, 3.05) is 0 Å². The van der Waals surface area contributed by atoms with Crippen LogP contribution >= 0.6 is 0 Å². The molecule has 1 atom stereocenters. The summed E-state index contributed by atoms with van der Waals surface area (Å²) >= 11 is 0. The Morgan fingerprint density at radius 2 is 1.93 bits per heavy atom. The van der Waals surface area contributed by atoms with E-state index in [9.17, 15) is 9.59 Å². The first kappa shape index (κ1) is 11.0. The van der Waals surface area contributed by atoms with Crippen molar-refractivity contribution in [2.45, 2.75) is 12.5 Å². The number of hydrogen-bond donors (Lipinski definition) is 3. The number of nitrogens with two attached hydrogens (primary N) is 1. The zero-order valence-corrected chi connectivity index (χ0v) is 8.01. The highest BCUT2D eigenvalue weighted by Crippen LogP contribution is 2.02. The van der Waals surface area contributed by atoms with E-state index in [1.807, 2.05) is 18.2 Å². The summed E-state index contributed by atoms with van der Waals surface area (Å²) in [5.74, 6) is -0.679. The minimum atomic E-state index is -1.25. The molecule has 0 aromatic heterocycles. The minimum Gasteiger partial charge on any atom is -0.465 e. The van der Waals surface area contributed by atoms with Gasteiger partial charge in [0.25, 0.3) is 0 Å². The number of hydrogen-bond acceptors (Lipinski definition) is 2. The van der Waals surface area contributed by atoms with Crippen molar-refractivity contribution in [2.24, 2.45) is 5.73 Å². The maximum atomic E-state index is 10.9. The molecule has 0 unspecified atom stereocenters. The van der Waals surface area contributed by atoms with Crippen LogP contribution in [-0.2, 0) is 11.2 Å². The van der Waals surface area contributed by atoms with E-state index >= 15 is 0 Å². The summed E-state index contributed by atoms with van der Waals surface area (Å²) < 4.78 is 0. The number of benzene rings is 1. The van der Waals surface area contributed by atoms with Gasteiger partial charge < -0.3 is 16.2 Å². The van der Waals surface area contributed by atoms with Crippen molar-refractivity contribution in [3.05, 3.63) is 35.9 Å². The SMILES string of the molecule is NC(=O)[C@H](Cc1ccccc1)NC(=O)O. The van der Waals surface area contributed by atoms with E-state index in [0.717, 1.165) is 5.56 Å². The Bertz CT molecular complexity index is 351. The van der Waals surface area contributed by atoms with Crippen molar-refractivity contribution < 1.29 is 14.7 Å². The zero-order valence-electron chi connectivity index (χ0n) is 8.01. The van der Waals surface area contributed by atoms with Crippen LogP contribution < -0.4 is 11.1 Å². The minimum absolute atomic E-state index is 0.266. The summed E-state index contributed by atoms with van der Waals surface area (Å²) in [5, 5.41) is 10.6. The molecule has 5 heteroatoms. The van der Waals surface area contributed by atoms with E-state index in [1.54, 1.807) is 12.1 Å². The molecule has 0 aliphatic carbocycles. The lowest BCUT2D eigenvalue weighted by molar-refractivity contribution is -0.119. The lowest BCUT2D eigenvalue weighted by Gasteiger charge is -2.12. The van der Waals surface area contributed by atoms with Gasteiger partial charge in [-0.25, -0.2) is 4.79 Å². The largest absolute Gasteiger partial charge is 0.465 e. The fourth-order valence-corrected chi connectivity index (χ4v) is 1.22. The Balaban J connectivity index is 2.67. The Kier molecular flexibility index (Phi) is 3.68. The predicted molar refractivity (Wildman–Crippen MR) is 54.3 cm³/mol. The van der Waals surface area contributed by atoms with Crippen LogP contribution in [0.25, 0.3) is 0 Å². The fraction of sp³-hybridized carbons (Fsp3) is 0.200. The van der Waals surface area contributed by atoms with Crippen LogP contribution in [0.15, 0.2) is 30.3 Å². The first-order valence-electron chi connectivity index (χ1n) is 4.42. The summed E-state index contributed by atoms with van der Waals surface area (Å²) in [6, 6.07) is 8.19. The topological polar surface area (TPSA) is 92.4 Å². The van der Waals surface area contributed by atoms with Gasteiger partial charge in [0, 0.05) is 6.42 Å². The molecule has 80 valence electrons. The summed E-state index contributed by atoms with van der Waals surface area (Å²) in [5.41, 5.74) is 5.92. The van der Waals surface area contributed by atoms with Gasteiger partial charge >= 0.3 is 6.09 Å². The number of amides is 2. The number of carbonyl (C=O) groups is 2. The van der Waals surface area contributed by atoms with Crippen molar-refractivity contribution in [1.29, 1.82) is 0 Å². The molecule has 0 saturated carbocycles. The summed E-state index contributed by atoms with van der Waals surface area (Å²) in [4.78, 5) is 21.3. The molecule has 1 aromatic carbocycles. The molecule has 2 amide bonds. The molecule has 0 bridgehead atoms. The van der Waals surface area contributed by atoms with Crippen molar-refractivity contribution in [1.82, 2.24) is 5.32 Å². The van der Waals surface area contributed by atoms with Crippen LogP contribution in [0.2, 0.25) is 0 Å². The molecular formula is C10H12N2O3. The zero-order chi connectivity index (χ0) is 11.3. The van der Waals surface area contributed by atoms with E-state index in [4.69, 9.17) is 10.8 Å². The smallest absolute Gasteiger partial charge is 0.405 e. The second-order valence-corrected chi connectivity index (χ2v) is 3.09. The molecule has 0 radical (unpaired) electrons. The van der Waals surface area contributed by atoms with Crippen LogP contribution in [-0.4, -0.2) is 23.1 Å². The van der Waals surface area contributed by atoms with Gasteiger partial charge in [0.1, 0.15) is 6.04 Å². The highest BCUT2D eigenvalue weighted by atomic mass is 16.4. The van der Waals surface area contributed by atoms with Crippen molar-refractivity contribution in [3.63, 3.8) is 0 Å². The second kappa shape index (κ2) is 4.99. The molecule has 1 rings (SSSR count). The second-order valence-electron chi connectivity index (χ2n) is 3.09. The van der Waals surface area contributed by atoms with Crippen molar-refractivity contribution in [3.8, 4) is 0 Å². The monoisotopic (exact) mass is 208 g/mol. The highest BCUT2D eigenvalue weighted by molar-refractivity contribution is 5.84. The maximum Gasteiger partial charge on any atom is 0.405 e. The third-order valence-electron chi connectivity index (χ3n) is 1.92. The molecular weight excluding hydrogens is 196 g/mol. The average Bonchev–Trinajstić information content (AvgIpc) is 2.17. The predicted octanol–water partition coefficient (Wildman–Crippen LogP) is 0.351. The maximum absolute atomic E-state index is 10.9. The van der Waals surface area contributed by atoms with E-state index in [1.165, 1.54) is 0 Å². The number of carboxylic acid groups (broad SMARTS) is 1. The van der Waals surface area contributed by atoms with Gasteiger partial charge in [-0.3, -0.25) is 4.79 Å². The molecule has 5 nitrogen and oxygen atoms in total. The average molecular weight is 208 g/mol. The fourth-order valence-electron chi connectivity index (χ4n) is 1.22. The summed E-state index contributed by atoms with van der Waals surface area (Å²) in [6.45, 7) is 0. The molecule has 0 saturated heterocycles. The van der Waals surface area contributed by atoms with Gasteiger partial charge in [-0.15, -0.1) is 0 Å². The lowest BCUT2D eigenvalue weighted by Crippen LogP contribution is -2.45. The highest BCUT2D eigenvalue weighted by Gasteiger charge is 2.17. The quantitative estimate of drug-likeness (QED) is 0.666. The third kappa shape index (κ3) is 3.68. The molecule has 0 aliphatic heterocycles. The van der Waals surface area contributed by atoms with E-state index in [2.05, 4.69) is 5.32 Å². The molecule has 0 spiro atoms. The lowest BCUT2D eigenvalue weighted by atomic mass is 10.1. The Hall–Kier alpha value is -2.04. The van der Waals surface area contributed by atoms with Gasteiger partial charge in [-0.05, 0) is 5.56 Å². The first-order chi connectivity index (χ1) is 7.09. The van der Waals surface area contributed by atoms with Crippen LogP contribution in [0.5, 0.6) is 0 Å². The number of nitrogens with one attached hydrogen (secondary N) is 1. The molecule has 0 aliphatic rings. The number of primary amides is 1. The summed E-state index contributed by atoms with van der Waals surface area (Å²) in [6.07, 6.45) is -0.989. The van der Waals surface area contributed by atoms with E-state index < -0.39 is 18.0 Å². The Labute approximate surface area is 86.9 Å². The Morgan fingerprint density at radius 3 is 2.40 bits per heavy atom. The number of rotatable bonds is 4. The van der Waals surface area contributed by atoms with Gasteiger partial charge in [0.05, 0.1) is 0 Å². The molecule has 4 N–H and O–H groups in total. The Morgan fingerprint density at radius 1 is 1.33 bits per heavy atom. The normalized spacial score (nSPS) is 11.7. The van der Waals surface area contributed by atoms with E-state index in [0.29, 0.717) is 0 Å². The molecule has 0 heterocycles. The molecule has 0 fully saturated rings. The third-order valence-corrected chi connectivity index (χ3v) is 1.92.